The van der Waals surface area contributed by atoms with Crippen LogP contribution in [0.4, 0.5) is 0 Å². The third-order valence-corrected chi connectivity index (χ3v) is 4.79. The molecule has 3 rings (SSSR count). The Balaban J connectivity index is 1.83. The maximum Gasteiger partial charge on any atom is 0.251 e. The van der Waals surface area contributed by atoms with Gasteiger partial charge in [-0.2, -0.15) is 0 Å². The van der Waals surface area contributed by atoms with Crippen LogP contribution in [-0.2, 0) is 0 Å². The molecule has 0 saturated carbocycles. The Bertz CT molecular complexity index is 842. The van der Waals surface area contributed by atoms with Crippen LogP contribution in [0.15, 0.2) is 42.7 Å². The molecular weight excluding hydrogens is 318 g/mol. The molecule has 0 unspecified atom stereocenters. The van der Waals surface area contributed by atoms with Gasteiger partial charge in [0.15, 0.2) is 0 Å². The minimum Gasteiger partial charge on any atom is -0.345 e. The Hall–Kier alpha value is -2.27. The molecule has 0 bridgehead atoms. The van der Waals surface area contributed by atoms with E-state index in [4.69, 9.17) is 0 Å². The molecule has 0 fully saturated rings. The van der Waals surface area contributed by atoms with E-state index in [0.717, 1.165) is 27.2 Å². The van der Waals surface area contributed by atoms with Gasteiger partial charge in [-0.05, 0) is 49.1 Å². The number of pyridine rings is 1. The smallest absolute Gasteiger partial charge is 0.251 e. The van der Waals surface area contributed by atoms with Crippen LogP contribution in [0.1, 0.15) is 47.2 Å². The number of benzene rings is 1. The Kier molecular flexibility index (Phi) is 4.90. The fraction of sp³-hybridized carbons (Fsp3) is 0.316. The van der Waals surface area contributed by atoms with Crippen molar-refractivity contribution in [1.29, 1.82) is 0 Å². The monoisotopic (exact) mass is 339 g/mol. The Morgan fingerprint density at radius 2 is 2.12 bits per heavy atom. The van der Waals surface area contributed by atoms with E-state index in [2.05, 4.69) is 29.1 Å². The molecule has 1 amide bonds. The number of nitrogens with zero attached hydrogens (tertiary/aromatic N) is 2. The van der Waals surface area contributed by atoms with Crippen molar-refractivity contribution in [1.82, 2.24) is 15.3 Å². The topological polar surface area (TPSA) is 54.9 Å². The van der Waals surface area contributed by atoms with Gasteiger partial charge < -0.3 is 5.32 Å². The predicted molar refractivity (Wildman–Crippen MR) is 98.3 cm³/mol. The number of hydrogen-bond acceptors (Lipinski definition) is 4. The SMILES string of the molecule is Cc1nc2ccc(C(=O)N[C@@H](CC(C)C)c3cccnc3)cc2s1. The van der Waals surface area contributed by atoms with Crippen LogP contribution in [0.3, 0.4) is 0 Å². The summed E-state index contributed by atoms with van der Waals surface area (Å²) in [5.74, 6) is 0.416. The number of rotatable bonds is 5. The number of aryl methyl sites for hydroxylation is 1. The zero-order valence-electron chi connectivity index (χ0n) is 14.1. The van der Waals surface area contributed by atoms with E-state index in [1.807, 2.05) is 43.5 Å². The molecule has 5 heteroatoms. The van der Waals surface area contributed by atoms with Crippen molar-refractivity contribution in [2.75, 3.05) is 0 Å². The predicted octanol–water partition coefficient (Wildman–Crippen LogP) is 4.52. The van der Waals surface area contributed by atoms with Gasteiger partial charge in [-0.1, -0.05) is 19.9 Å². The highest BCUT2D eigenvalue weighted by atomic mass is 32.1. The van der Waals surface area contributed by atoms with Gasteiger partial charge in [0.2, 0.25) is 0 Å². The first kappa shape index (κ1) is 16.6. The Morgan fingerprint density at radius 1 is 1.29 bits per heavy atom. The standard InChI is InChI=1S/C19H21N3OS/c1-12(2)9-17(15-5-4-8-20-11-15)22-19(23)14-6-7-16-18(10-14)24-13(3)21-16/h4-8,10-12,17H,9H2,1-3H3,(H,22,23)/t17-/m0/s1. The van der Waals surface area contributed by atoms with E-state index < -0.39 is 0 Å². The lowest BCUT2D eigenvalue weighted by molar-refractivity contribution is 0.0932. The Labute approximate surface area is 146 Å². The van der Waals surface area contributed by atoms with E-state index in [9.17, 15) is 4.79 Å². The molecule has 24 heavy (non-hydrogen) atoms. The van der Waals surface area contributed by atoms with Gasteiger partial charge in [0.1, 0.15) is 0 Å². The van der Waals surface area contributed by atoms with Gasteiger partial charge in [-0.3, -0.25) is 9.78 Å². The van der Waals surface area contributed by atoms with E-state index >= 15 is 0 Å². The Morgan fingerprint density at radius 3 is 2.83 bits per heavy atom. The molecule has 3 aromatic rings. The highest BCUT2D eigenvalue weighted by Crippen LogP contribution is 2.24. The fourth-order valence-corrected chi connectivity index (χ4v) is 3.62. The van der Waals surface area contributed by atoms with Crippen LogP contribution in [0, 0.1) is 12.8 Å². The fourth-order valence-electron chi connectivity index (χ4n) is 2.75. The highest BCUT2D eigenvalue weighted by Gasteiger charge is 2.18. The largest absolute Gasteiger partial charge is 0.345 e. The number of hydrogen-bond donors (Lipinski definition) is 1. The van der Waals surface area contributed by atoms with Crippen molar-refractivity contribution in [3.63, 3.8) is 0 Å². The lowest BCUT2D eigenvalue weighted by atomic mass is 9.98. The van der Waals surface area contributed by atoms with Crippen LogP contribution in [-0.4, -0.2) is 15.9 Å². The van der Waals surface area contributed by atoms with Crippen LogP contribution in [0.5, 0.6) is 0 Å². The van der Waals surface area contributed by atoms with Gasteiger partial charge in [-0.15, -0.1) is 11.3 Å². The summed E-state index contributed by atoms with van der Waals surface area (Å²) >= 11 is 1.61. The molecule has 0 aliphatic carbocycles. The van der Waals surface area contributed by atoms with Crippen molar-refractivity contribution >= 4 is 27.5 Å². The number of aromatic nitrogens is 2. The quantitative estimate of drug-likeness (QED) is 0.744. The molecule has 0 saturated heterocycles. The first-order valence-electron chi connectivity index (χ1n) is 8.11. The zero-order chi connectivity index (χ0) is 17.1. The van der Waals surface area contributed by atoms with Gasteiger partial charge in [-0.25, -0.2) is 4.98 Å². The molecule has 124 valence electrons. The molecule has 1 atom stereocenters. The minimum atomic E-state index is -0.0579. The first-order chi connectivity index (χ1) is 11.5. The minimum absolute atomic E-state index is 0.0370. The average Bonchev–Trinajstić information content (AvgIpc) is 2.93. The summed E-state index contributed by atoms with van der Waals surface area (Å²) < 4.78 is 1.04. The van der Waals surface area contributed by atoms with Crippen LogP contribution < -0.4 is 5.32 Å². The molecule has 1 aromatic carbocycles. The average molecular weight is 339 g/mol. The summed E-state index contributed by atoms with van der Waals surface area (Å²) in [7, 11) is 0. The van der Waals surface area contributed by atoms with Gasteiger partial charge in [0.25, 0.3) is 5.91 Å². The molecule has 0 radical (unpaired) electrons. The normalized spacial score (nSPS) is 12.5. The summed E-state index contributed by atoms with van der Waals surface area (Å²) in [5.41, 5.74) is 2.65. The second-order valence-electron chi connectivity index (χ2n) is 6.36. The van der Waals surface area contributed by atoms with Gasteiger partial charge >= 0.3 is 0 Å². The molecule has 2 aromatic heterocycles. The summed E-state index contributed by atoms with van der Waals surface area (Å²) in [6.07, 6.45) is 4.44. The van der Waals surface area contributed by atoms with E-state index in [-0.39, 0.29) is 11.9 Å². The summed E-state index contributed by atoms with van der Waals surface area (Å²) in [5, 5.41) is 4.17. The van der Waals surface area contributed by atoms with Gasteiger partial charge in [0.05, 0.1) is 21.3 Å². The third kappa shape index (κ3) is 3.79. The van der Waals surface area contributed by atoms with E-state index in [0.29, 0.717) is 11.5 Å². The van der Waals surface area contributed by atoms with Crippen molar-refractivity contribution in [2.45, 2.75) is 33.2 Å². The maximum absolute atomic E-state index is 12.7. The molecule has 1 N–H and O–H groups in total. The summed E-state index contributed by atoms with van der Waals surface area (Å²) in [6.45, 7) is 6.29. The van der Waals surface area contributed by atoms with Gasteiger partial charge in [0, 0.05) is 18.0 Å². The van der Waals surface area contributed by atoms with Crippen LogP contribution in [0.2, 0.25) is 0 Å². The molecule has 0 aliphatic rings. The van der Waals surface area contributed by atoms with E-state index in [1.165, 1.54) is 0 Å². The van der Waals surface area contributed by atoms with Crippen molar-refractivity contribution in [3.8, 4) is 0 Å². The summed E-state index contributed by atoms with van der Waals surface area (Å²) in [6, 6.07) is 9.55. The summed E-state index contributed by atoms with van der Waals surface area (Å²) in [4.78, 5) is 21.3. The van der Waals surface area contributed by atoms with Crippen molar-refractivity contribution in [3.05, 3.63) is 58.9 Å². The molecule has 4 nitrogen and oxygen atoms in total. The highest BCUT2D eigenvalue weighted by molar-refractivity contribution is 7.18. The molecule has 0 aliphatic heterocycles. The van der Waals surface area contributed by atoms with Crippen LogP contribution >= 0.6 is 11.3 Å². The van der Waals surface area contributed by atoms with Crippen molar-refractivity contribution in [2.24, 2.45) is 5.92 Å². The second-order valence-corrected chi connectivity index (χ2v) is 7.59. The molecule has 2 heterocycles. The first-order valence-corrected chi connectivity index (χ1v) is 8.92. The number of fused-ring (bicyclic) bond motifs is 1. The second kappa shape index (κ2) is 7.09. The number of carbonyl (C=O) groups excluding carboxylic acids is 1. The number of nitrogens with one attached hydrogen (secondary N) is 1. The van der Waals surface area contributed by atoms with E-state index in [1.54, 1.807) is 17.5 Å². The van der Waals surface area contributed by atoms with Crippen molar-refractivity contribution < 1.29 is 4.79 Å². The lowest BCUT2D eigenvalue weighted by Crippen LogP contribution is -2.29. The van der Waals surface area contributed by atoms with Crippen LogP contribution in [0.25, 0.3) is 10.2 Å². The molecular formula is C19H21N3OS. The maximum atomic E-state index is 12.7. The molecule has 0 spiro atoms. The zero-order valence-corrected chi connectivity index (χ0v) is 14.9. The number of thiazole rings is 1. The lowest BCUT2D eigenvalue weighted by Gasteiger charge is -2.21. The number of amides is 1. The number of carbonyl (C=O) groups is 1. The third-order valence-electron chi connectivity index (χ3n) is 3.86.